The second-order valence-corrected chi connectivity index (χ2v) is 10.1. The lowest BCUT2D eigenvalue weighted by atomic mass is 10.0. The van der Waals surface area contributed by atoms with E-state index in [1.54, 1.807) is 11.3 Å². The lowest BCUT2D eigenvalue weighted by molar-refractivity contribution is 0.305. The van der Waals surface area contributed by atoms with Gasteiger partial charge in [0.15, 0.2) is 5.84 Å². The van der Waals surface area contributed by atoms with Crippen LogP contribution in [-0.2, 0) is 6.54 Å². The van der Waals surface area contributed by atoms with Gasteiger partial charge in [-0.25, -0.2) is 9.98 Å². The van der Waals surface area contributed by atoms with E-state index >= 15 is 0 Å². The molecule has 0 saturated carbocycles. The number of aromatic amines is 1. The van der Waals surface area contributed by atoms with Crippen LogP contribution in [0, 0.1) is 11.8 Å². The largest absolute Gasteiger partial charge is 0.390 e. The number of H-pyrrole nitrogens is 1. The smallest absolute Gasteiger partial charge is 0.178 e. The van der Waals surface area contributed by atoms with Gasteiger partial charge in [-0.3, -0.25) is 4.90 Å². The number of nitrogens with one attached hydrogen (secondary N) is 2. The zero-order chi connectivity index (χ0) is 22.8. The number of aliphatic imine (C=N–C) groups is 2. The lowest BCUT2D eigenvalue weighted by Gasteiger charge is -2.17. The highest BCUT2D eigenvalue weighted by molar-refractivity contribution is 7.14. The fourth-order valence-electron chi connectivity index (χ4n) is 4.70. The second-order valence-electron chi connectivity index (χ2n) is 9.11. The van der Waals surface area contributed by atoms with E-state index in [9.17, 15) is 0 Å². The van der Waals surface area contributed by atoms with Crippen LogP contribution in [0.15, 0.2) is 46.5 Å². The molecule has 0 bridgehead atoms. The fourth-order valence-corrected chi connectivity index (χ4v) is 5.54. The van der Waals surface area contributed by atoms with E-state index in [2.05, 4.69) is 50.3 Å². The summed E-state index contributed by atoms with van der Waals surface area (Å²) in [5.41, 5.74) is 9.60. The van der Waals surface area contributed by atoms with Crippen LogP contribution in [0.25, 0.3) is 10.6 Å². The first-order valence-corrected chi connectivity index (χ1v) is 12.3. The van der Waals surface area contributed by atoms with Crippen molar-refractivity contribution in [2.75, 3.05) is 26.2 Å². The van der Waals surface area contributed by atoms with Crippen LogP contribution in [0.3, 0.4) is 0 Å². The first-order valence-electron chi connectivity index (χ1n) is 11.5. The molecule has 2 aliphatic heterocycles. The van der Waals surface area contributed by atoms with Gasteiger partial charge in [-0.2, -0.15) is 0 Å². The second kappa shape index (κ2) is 9.54. The number of fused-ring (bicyclic) bond motifs is 1. The summed E-state index contributed by atoms with van der Waals surface area (Å²) in [5, 5.41) is 14.1. The summed E-state index contributed by atoms with van der Waals surface area (Å²) in [6.07, 6.45) is 3.26. The Morgan fingerprint density at radius 2 is 2.06 bits per heavy atom. The van der Waals surface area contributed by atoms with Crippen molar-refractivity contribution in [1.29, 1.82) is 0 Å². The van der Waals surface area contributed by atoms with E-state index in [4.69, 9.17) is 10.7 Å². The summed E-state index contributed by atoms with van der Waals surface area (Å²) in [6, 6.07) is 10.1. The van der Waals surface area contributed by atoms with Crippen LogP contribution < -0.4 is 11.1 Å². The van der Waals surface area contributed by atoms with Gasteiger partial charge >= 0.3 is 0 Å². The molecule has 0 radical (unpaired) electrons. The average molecular weight is 463 g/mol. The van der Waals surface area contributed by atoms with Crippen molar-refractivity contribution in [3.05, 3.63) is 52.8 Å². The number of amidine groups is 1. The molecule has 33 heavy (non-hydrogen) atoms. The zero-order valence-corrected chi connectivity index (χ0v) is 19.8. The summed E-state index contributed by atoms with van der Waals surface area (Å²) >= 11 is 1.62. The zero-order valence-electron chi connectivity index (χ0n) is 19.0. The van der Waals surface area contributed by atoms with E-state index in [0.717, 1.165) is 71.5 Å². The van der Waals surface area contributed by atoms with Gasteiger partial charge in [0.05, 0.1) is 17.7 Å². The summed E-state index contributed by atoms with van der Waals surface area (Å²) in [4.78, 5) is 15.1. The summed E-state index contributed by atoms with van der Waals surface area (Å²) in [6.45, 7) is 9.68. The Morgan fingerprint density at radius 1 is 1.24 bits per heavy atom. The molecule has 3 aromatic rings. The molecule has 172 valence electrons. The number of hydrogen-bond donors (Lipinski definition) is 3. The highest BCUT2D eigenvalue weighted by Crippen LogP contribution is 2.31. The van der Waals surface area contributed by atoms with Crippen molar-refractivity contribution in [1.82, 2.24) is 25.4 Å². The Kier molecular flexibility index (Phi) is 6.34. The Hall–Kier alpha value is -2.88. The predicted molar refractivity (Wildman–Crippen MR) is 134 cm³/mol. The molecule has 9 heteroatoms. The summed E-state index contributed by atoms with van der Waals surface area (Å²) in [7, 11) is 0. The first-order chi connectivity index (χ1) is 16.1. The molecule has 2 unspecified atom stereocenters. The highest BCUT2D eigenvalue weighted by atomic mass is 32.1. The SMILES string of the molecule is CC(C)c1nnc(-c2cccc(N=C(N=CN)c3[nH]ccc3CN3CC4CNCC4C3)c2)s1. The molecular formula is C24H30N8S. The number of hydrogen-bond acceptors (Lipinski definition) is 6. The minimum atomic E-state index is 0.362. The third-order valence-electron chi connectivity index (χ3n) is 6.38. The van der Waals surface area contributed by atoms with Gasteiger partial charge in [0.2, 0.25) is 0 Å². The van der Waals surface area contributed by atoms with Crippen LogP contribution in [-0.4, -0.2) is 58.4 Å². The van der Waals surface area contributed by atoms with E-state index in [1.165, 1.54) is 11.9 Å². The third kappa shape index (κ3) is 4.75. The Morgan fingerprint density at radius 3 is 2.79 bits per heavy atom. The van der Waals surface area contributed by atoms with Crippen LogP contribution in [0.4, 0.5) is 5.69 Å². The van der Waals surface area contributed by atoms with Crippen molar-refractivity contribution in [2.45, 2.75) is 26.3 Å². The van der Waals surface area contributed by atoms with Gasteiger partial charge in [0.25, 0.3) is 0 Å². The fraction of sp³-hybridized carbons (Fsp3) is 0.417. The van der Waals surface area contributed by atoms with E-state index in [0.29, 0.717) is 11.8 Å². The molecule has 0 aliphatic carbocycles. The third-order valence-corrected chi connectivity index (χ3v) is 7.65. The van der Waals surface area contributed by atoms with Gasteiger partial charge < -0.3 is 16.0 Å². The van der Waals surface area contributed by atoms with Gasteiger partial charge in [-0.1, -0.05) is 37.3 Å². The average Bonchev–Trinajstić information content (AvgIpc) is 3.58. The molecule has 0 amide bonds. The summed E-state index contributed by atoms with van der Waals surface area (Å²) in [5.74, 6) is 2.47. The maximum Gasteiger partial charge on any atom is 0.178 e. The number of aromatic nitrogens is 3. The first kappa shape index (κ1) is 21.9. The van der Waals surface area contributed by atoms with Gasteiger partial charge in [0, 0.05) is 37.3 Å². The Labute approximate surface area is 198 Å². The number of benzene rings is 1. The van der Waals surface area contributed by atoms with Gasteiger partial charge in [-0.15, -0.1) is 10.2 Å². The minimum absolute atomic E-state index is 0.362. The maximum atomic E-state index is 5.70. The molecule has 2 aromatic heterocycles. The van der Waals surface area contributed by atoms with E-state index in [-0.39, 0.29) is 0 Å². The molecule has 2 aliphatic rings. The van der Waals surface area contributed by atoms with Crippen LogP contribution in [0.1, 0.15) is 36.0 Å². The number of nitrogens with two attached hydrogens (primary N) is 1. The maximum absolute atomic E-state index is 5.70. The van der Waals surface area contributed by atoms with Crippen molar-refractivity contribution in [3.63, 3.8) is 0 Å². The molecule has 8 nitrogen and oxygen atoms in total. The predicted octanol–water partition coefficient (Wildman–Crippen LogP) is 3.37. The molecule has 2 fully saturated rings. The Balaban J connectivity index is 1.39. The van der Waals surface area contributed by atoms with Crippen molar-refractivity contribution in [2.24, 2.45) is 27.6 Å². The number of likely N-dealkylation sites (tertiary alicyclic amines) is 1. The summed E-state index contributed by atoms with van der Waals surface area (Å²) < 4.78 is 0. The molecule has 1 aromatic carbocycles. The van der Waals surface area contributed by atoms with Crippen molar-refractivity contribution in [3.8, 4) is 10.6 Å². The van der Waals surface area contributed by atoms with Crippen LogP contribution in [0.5, 0.6) is 0 Å². The van der Waals surface area contributed by atoms with Crippen LogP contribution >= 0.6 is 11.3 Å². The standard InChI is InChI=1S/C24H30N8S/c1-15(2)23-30-31-24(33-23)16-4-3-5-20(8-16)29-22(28-14-25)21-17(6-7-27-21)11-32-12-18-9-26-10-19(18)13-32/h3-8,14-15,18-19,26-27H,9-13H2,1-2H3,(H2,25,28,29). The number of nitrogens with zero attached hydrogens (tertiary/aromatic N) is 5. The van der Waals surface area contributed by atoms with Gasteiger partial charge in [0.1, 0.15) is 10.0 Å². The molecule has 4 heterocycles. The topological polar surface area (TPSA) is 108 Å². The molecule has 2 atom stereocenters. The highest BCUT2D eigenvalue weighted by Gasteiger charge is 2.36. The van der Waals surface area contributed by atoms with E-state index in [1.807, 2.05) is 30.5 Å². The van der Waals surface area contributed by atoms with Gasteiger partial charge in [-0.05, 0) is 48.7 Å². The van der Waals surface area contributed by atoms with E-state index < -0.39 is 0 Å². The molecule has 2 saturated heterocycles. The minimum Gasteiger partial charge on any atom is -0.390 e. The molecule has 4 N–H and O–H groups in total. The lowest BCUT2D eigenvalue weighted by Crippen LogP contribution is -2.26. The number of rotatable bonds is 6. The van der Waals surface area contributed by atoms with Crippen LogP contribution in [0.2, 0.25) is 0 Å². The molecule has 5 rings (SSSR count). The quantitative estimate of drug-likeness (QED) is 0.385. The van der Waals surface area contributed by atoms with Crippen molar-refractivity contribution < 1.29 is 0 Å². The van der Waals surface area contributed by atoms with Crippen molar-refractivity contribution >= 4 is 29.2 Å². The molecular weight excluding hydrogens is 432 g/mol. The Bertz CT molecular complexity index is 1150. The monoisotopic (exact) mass is 462 g/mol. The normalized spacial score (nSPS) is 21.5. The molecule has 0 spiro atoms.